The van der Waals surface area contributed by atoms with Crippen LogP contribution in [0.25, 0.3) is 11.8 Å². The fraction of sp³-hybridized carbons (Fsp3) is 0.333. The van der Waals surface area contributed by atoms with E-state index in [0.29, 0.717) is 5.17 Å². The lowest BCUT2D eigenvalue weighted by atomic mass is 10.1. The zero-order valence-corrected chi connectivity index (χ0v) is 19.4. The summed E-state index contributed by atoms with van der Waals surface area (Å²) in [5.74, 6) is -0.294. The number of benzene rings is 1. The van der Waals surface area contributed by atoms with Gasteiger partial charge < -0.3 is 4.57 Å². The average molecular weight is 434 g/mol. The zero-order valence-electron chi connectivity index (χ0n) is 18.6. The first kappa shape index (κ1) is 21.3. The van der Waals surface area contributed by atoms with Crippen LogP contribution in [0.3, 0.4) is 0 Å². The van der Waals surface area contributed by atoms with Crippen molar-refractivity contribution in [1.29, 1.82) is 5.41 Å². The van der Waals surface area contributed by atoms with E-state index in [-0.39, 0.29) is 17.3 Å². The average Bonchev–Trinajstić information content (AvgIpc) is 3.25. The van der Waals surface area contributed by atoms with E-state index in [1.165, 1.54) is 27.9 Å². The second-order valence-corrected chi connectivity index (χ2v) is 9.11. The minimum Gasteiger partial charge on any atom is -0.318 e. The molecule has 0 aliphatic carbocycles. The van der Waals surface area contributed by atoms with Crippen molar-refractivity contribution in [3.63, 3.8) is 0 Å². The Kier molecular flexibility index (Phi) is 5.71. The Balaban J connectivity index is 1.72. The predicted octanol–water partition coefficient (Wildman–Crippen LogP) is 5.52. The van der Waals surface area contributed by atoms with Gasteiger partial charge in [0.1, 0.15) is 5.04 Å². The van der Waals surface area contributed by atoms with Gasteiger partial charge in [0.15, 0.2) is 5.84 Å². The van der Waals surface area contributed by atoms with Crippen molar-refractivity contribution >= 4 is 39.8 Å². The highest BCUT2D eigenvalue weighted by Gasteiger charge is 2.35. The number of nitrogens with one attached hydrogen (secondary N) is 1. The van der Waals surface area contributed by atoms with Gasteiger partial charge in [0, 0.05) is 17.1 Å². The Morgan fingerprint density at radius 1 is 1.16 bits per heavy atom. The van der Waals surface area contributed by atoms with E-state index >= 15 is 0 Å². The number of thioether (sulfide) groups is 1. The number of carbonyl (C=O) groups is 1. The Hall–Kier alpha value is -2.93. The number of nitrogens with zero attached hydrogens (tertiary/aromatic N) is 4. The number of unbranched alkanes of at least 4 members (excludes halogenated alkanes) is 1. The van der Waals surface area contributed by atoms with Gasteiger partial charge in [-0.3, -0.25) is 10.2 Å². The Labute approximate surface area is 187 Å². The highest BCUT2D eigenvalue weighted by Crippen LogP contribution is 2.31. The summed E-state index contributed by atoms with van der Waals surface area (Å²) >= 11 is 1.39. The SMILES string of the molecule is CCCCC1=NN2C(=N)/C(=C/c3cc(C)n(-c4cc(C)ccc4C)c3C)C(=O)N=C2S1. The van der Waals surface area contributed by atoms with Gasteiger partial charge in [0.05, 0.1) is 5.57 Å². The van der Waals surface area contributed by atoms with Gasteiger partial charge >= 0.3 is 0 Å². The van der Waals surface area contributed by atoms with E-state index in [4.69, 9.17) is 5.41 Å². The van der Waals surface area contributed by atoms with Gasteiger partial charge in [-0.15, -0.1) is 0 Å². The molecule has 0 unspecified atom stereocenters. The van der Waals surface area contributed by atoms with Crippen molar-refractivity contribution in [3.05, 3.63) is 57.9 Å². The van der Waals surface area contributed by atoms with Crippen LogP contribution >= 0.6 is 11.8 Å². The van der Waals surface area contributed by atoms with Gasteiger partial charge in [0.2, 0.25) is 5.17 Å². The smallest absolute Gasteiger partial charge is 0.283 e. The molecule has 160 valence electrons. The number of rotatable bonds is 5. The summed E-state index contributed by atoms with van der Waals surface area (Å²) in [5, 5.41) is 16.0. The third-order valence-electron chi connectivity index (χ3n) is 5.62. The Morgan fingerprint density at radius 3 is 2.68 bits per heavy atom. The molecule has 1 aromatic heterocycles. The van der Waals surface area contributed by atoms with Gasteiger partial charge in [0.25, 0.3) is 5.91 Å². The summed E-state index contributed by atoms with van der Waals surface area (Å²) in [6.07, 6.45) is 4.72. The number of hydrogen-bond donors (Lipinski definition) is 1. The maximum absolute atomic E-state index is 12.7. The van der Waals surface area contributed by atoms with Crippen LogP contribution in [0.15, 0.2) is 39.9 Å². The summed E-state index contributed by atoms with van der Waals surface area (Å²) in [4.78, 5) is 17.0. The molecule has 4 rings (SSSR count). The molecule has 0 bridgehead atoms. The van der Waals surface area contributed by atoms with Crippen molar-refractivity contribution in [2.45, 2.75) is 53.9 Å². The maximum atomic E-state index is 12.7. The number of hydrogen-bond acceptors (Lipinski definition) is 4. The number of amides is 1. The van der Waals surface area contributed by atoms with Crippen LogP contribution in [-0.4, -0.2) is 31.5 Å². The topological polar surface area (TPSA) is 73.8 Å². The molecule has 0 saturated heterocycles. The quantitative estimate of drug-likeness (QED) is 0.631. The van der Waals surface area contributed by atoms with Crippen LogP contribution in [-0.2, 0) is 4.79 Å². The van der Waals surface area contributed by atoms with Crippen molar-refractivity contribution in [1.82, 2.24) is 9.58 Å². The van der Waals surface area contributed by atoms with Crippen LogP contribution in [0.5, 0.6) is 0 Å². The molecule has 0 saturated carbocycles. The van der Waals surface area contributed by atoms with E-state index in [2.05, 4.69) is 66.6 Å². The van der Waals surface area contributed by atoms with Gasteiger partial charge in [-0.25, -0.2) is 0 Å². The van der Waals surface area contributed by atoms with Crippen molar-refractivity contribution in [2.75, 3.05) is 0 Å². The lowest BCUT2D eigenvalue weighted by molar-refractivity contribution is -0.114. The largest absolute Gasteiger partial charge is 0.318 e. The lowest BCUT2D eigenvalue weighted by Crippen LogP contribution is -2.35. The molecule has 0 fully saturated rings. The molecule has 0 atom stereocenters. The van der Waals surface area contributed by atoms with Crippen LogP contribution in [0.1, 0.15) is 54.3 Å². The fourth-order valence-corrected chi connectivity index (χ4v) is 4.81. The molecule has 1 amide bonds. The Bertz CT molecular complexity index is 1180. The number of aliphatic imine (C=N–C) groups is 1. The number of aromatic nitrogens is 1. The van der Waals surface area contributed by atoms with E-state index in [0.717, 1.165) is 46.9 Å². The van der Waals surface area contributed by atoms with Gasteiger partial charge in [-0.1, -0.05) is 25.5 Å². The molecular weight excluding hydrogens is 406 g/mol. The molecule has 2 aliphatic rings. The molecular formula is C24H27N5OS. The molecule has 31 heavy (non-hydrogen) atoms. The standard InChI is InChI=1S/C24H27N5OS/c1-6-7-8-21-27-29-22(25)19(23(30)26-24(29)31-21)13-18-12-16(4)28(17(18)5)20-11-14(2)9-10-15(20)3/h9-13,25H,6-8H2,1-5H3/b19-13-,25-22?. The van der Waals surface area contributed by atoms with E-state index < -0.39 is 0 Å². The highest BCUT2D eigenvalue weighted by atomic mass is 32.2. The van der Waals surface area contributed by atoms with Crippen molar-refractivity contribution in [3.8, 4) is 5.69 Å². The molecule has 2 aromatic rings. The number of aryl methyl sites for hydroxylation is 3. The van der Waals surface area contributed by atoms with Crippen LogP contribution in [0.4, 0.5) is 0 Å². The second-order valence-electron chi connectivity index (χ2n) is 8.07. The molecule has 2 aliphatic heterocycles. The summed E-state index contributed by atoms with van der Waals surface area (Å²) in [6, 6.07) is 8.46. The molecule has 7 heteroatoms. The third kappa shape index (κ3) is 3.90. The molecule has 3 heterocycles. The lowest BCUT2D eigenvalue weighted by Gasteiger charge is -2.20. The zero-order chi connectivity index (χ0) is 22.3. The van der Waals surface area contributed by atoms with Gasteiger partial charge in [-0.05, 0) is 87.2 Å². The third-order valence-corrected chi connectivity index (χ3v) is 6.58. The van der Waals surface area contributed by atoms with Gasteiger partial charge in [-0.2, -0.15) is 15.1 Å². The monoisotopic (exact) mass is 433 g/mol. The number of amidine groups is 2. The van der Waals surface area contributed by atoms with Crippen molar-refractivity contribution in [2.24, 2.45) is 10.1 Å². The number of hydrazone groups is 1. The molecule has 0 radical (unpaired) electrons. The van der Waals surface area contributed by atoms with E-state index in [1.54, 1.807) is 6.08 Å². The highest BCUT2D eigenvalue weighted by molar-refractivity contribution is 8.26. The van der Waals surface area contributed by atoms with Crippen LogP contribution in [0.2, 0.25) is 0 Å². The van der Waals surface area contributed by atoms with Crippen molar-refractivity contribution < 1.29 is 4.79 Å². The molecule has 1 aromatic carbocycles. The molecule has 1 N–H and O–H groups in total. The summed E-state index contributed by atoms with van der Waals surface area (Å²) in [5.41, 5.74) is 6.79. The summed E-state index contributed by atoms with van der Waals surface area (Å²) in [6.45, 7) is 10.4. The van der Waals surface area contributed by atoms with Crippen LogP contribution < -0.4 is 0 Å². The van der Waals surface area contributed by atoms with E-state index in [9.17, 15) is 4.79 Å². The summed E-state index contributed by atoms with van der Waals surface area (Å²) < 4.78 is 2.20. The minimum atomic E-state index is -0.382. The minimum absolute atomic E-state index is 0.0885. The summed E-state index contributed by atoms with van der Waals surface area (Å²) in [7, 11) is 0. The first-order valence-corrected chi connectivity index (χ1v) is 11.4. The first-order valence-electron chi connectivity index (χ1n) is 10.6. The van der Waals surface area contributed by atoms with E-state index in [1.807, 2.05) is 6.92 Å². The second kappa shape index (κ2) is 8.30. The first-order chi connectivity index (χ1) is 14.8. The normalized spacial score (nSPS) is 17.3. The molecule has 6 nitrogen and oxygen atoms in total. The Morgan fingerprint density at radius 2 is 1.94 bits per heavy atom. The molecule has 0 spiro atoms. The predicted molar refractivity (Wildman–Crippen MR) is 129 cm³/mol. The number of carbonyl (C=O) groups excluding carboxylic acids is 1. The van der Waals surface area contributed by atoms with Crippen LogP contribution in [0, 0.1) is 33.1 Å². The fourth-order valence-electron chi connectivity index (χ4n) is 3.88. The maximum Gasteiger partial charge on any atom is 0.283 e. The number of fused-ring (bicyclic) bond motifs is 1.